The maximum atomic E-state index is 12.4. The first kappa shape index (κ1) is 18.9. The predicted molar refractivity (Wildman–Crippen MR) is 107 cm³/mol. The van der Waals surface area contributed by atoms with E-state index in [0.29, 0.717) is 12.8 Å². The van der Waals surface area contributed by atoms with Crippen molar-refractivity contribution in [3.63, 3.8) is 0 Å². The van der Waals surface area contributed by atoms with E-state index in [9.17, 15) is 9.59 Å². The second-order valence-corrected chi connectivity index (χ2v) is 6.84. The van der Waals surface area contributed by atoms with Gasteiger partial charge in [0.2, 0.25) is 11.8 Å². The maximum Gasteiger partial charge on any atom is 0.246 e. The fraction of sp³-hybridized carbons (Fsp3) is 0.381. The summed E-state index contributed by atoms with van der Waals surface area (Å²) >= 11 is 0. The number of carbonyl (C=O) groups excluding carboxylic acids is 2. The molecule has 6 heteroatoms. The van der Waals surface area contributed by atoms with Gasteiger partial charge in [0.25, 0.3) is 0 Å². The van der Waals surface area contributed by atoms with Gasteiger partial charge in [-0.2, -0.15) is 0 Å². The molecule has 27 heavy (non-hydrogen) atoms. The Labute approximate surface area is 160 Å². The van der Waals surface area contributed by atoms with Crippen LogP contribution in [0.4, 0.5) is 11.4 Å². The third kappa shape index (κ3) is 5.54. The van der Waals surface area contributed by atoms with Crippen LogP contribution in [0.5, 0.6) is 0 Å². The van der Waals surface area contributed by atoms with Crippen molar-refractivity contribution in [2.24, 2.45) is 0 Å². The summed E-state index contributed by atoms with van der Waals surface area (Å²) < 4.78 is 0. The molecule has 2 N–H and O–H groups in total. The SMILES string of the molecule is CC(NC(=O)CCc1ccccn1)C(=O)Nc1cccc(N2CCCC2)c1. The van der Waals surface area contributed by atoms with Gasteiger partial charge in [0.1, 0.15) is 6.04 Å². The van der Waals surface area contributed by atoms with Crippen LogP contribution in [0.1, 0.15) is 31.9 Å². The number of hydrogen-bond acceptors (Lipinski definition) is 4. The molecule has 1 aromatic heterocycles. The molecule has 1 aliphatic rings. The van der Waals surface area contributed by atoms with Gasteiger partial charge in [-0.25, -0.2) is 0 Å². The van der Waals surface area contributed by atoms with E-state index in [-0.39, 0.29) is 11.8 Å². The molecule has 0 spiro atoms. The number of nitrogens with zero attached hydrogens (tertiary/aromatic N) is 2. The van der Waals surface area contributed by atoms with Crippen LogP contribution < -0.4 is 15.5 Å². The van der Waals surface area contributed by atoms with E-state index in [0.717, 1.165) is 30.2 Å². The summed E-state index contributed by atoms with van der Waals surface area (Å²) in [7, 11) is 0. The first-order valence-electron chi connectivity index (χ1n) is 9.47. The zero-order valence-electron chi connectivity index (χ0n) is 15.6. The lowest BCUT2D eigenvalue weighted by Gasteiger charge is -2.19. The second kappa shape index (κ2) is 9.16. The Balaban J connectivity index is 1.48. The summed E-state index contributed by atoms with van der Waals surface area (Å²) in [6.45, 7) is 3.80. The highest BCUT2D eigenvalue weighted by atomic mass is 16.2. The van der Waals surface area contributed by atoms with Gasteiger partial charge in [-0.05, 0) is 56.5 Å². The Kier molecular flexibility index (Phi) is 6.41. The molecule has 1 aromatic carbocycles. The van der Waals surface area contributed by atoms with Crippen LogP contribution >= 0.6 is 0 Å². The van der Waals surface area contributed by atoms with Crippen molar-refractivity contribution < 1.29 is 9.59 Å². The first-order chi connectivity index (χ1) is 13.1. The molecule has 0 bridgehead atoms. The lowest BCUT2D eigenvalue weighted by atomic mass is 10.2. The van der Waals surface area contributed by atoms with E-state index in [4.69, 9.17) is 0 Å². The van der Waals surface area contributed by atoms with Crippen molar-refractivity contribution in [1.29, 1.82) is 0 Å². The van der Waals surface area contributed by atoms with E-state index in [1.54, 1.807) is 13.1 Å². The average Bonchev–Trinajstić information content (AvgIpc) is 3.22. The van der Waals surface area contributed by atoms with Crippen LogP contribution in [0.15, 0.2) is 48.7 Å². The van der Waals surface area contributed by atoms with Gasteiger partial charge in [0.15, 0.2) is 0 Å². The normalized spacial score (nSPS) is 14.6. The quantitative estimate of drug-likeness (QED) is 0.790. The zero-order chi connectivity index (χ0) is 19.1. The molecule has 0 aliphatic carbocycles. The number of aromatic nitrogens is 1. The number of aryl methyl sites for hydroxylation is 1. The molecule has 2 amide bonds. The third-order valence-corrected chi connectivity index (χ3v) is 4.69. The maximum absolute atomic E-state index is 12.4. The molecule has 0 saturated carbocycles. The van der Waals surface area contributed by atoms with Crippen LogP contribution in [0.3, 0.4) is 0 Å². The molecule has 1 aliphatic heterocycles. The van der Waals surface area contributed by atoms with Crippen LogP contribution in [0.2, 0.25) is 0 Å². The highest BCUT2D eigenvalue weighted by Crippen LogP contribution is 2.23. The largest absolute Gasteiger partial charge is 0.371 e. The van der Waals surface area contributed by atoms with Crippen molar-refractivity contribution in [3.8, 4) is 0 Å². The van der Waals surface area contributed by atoms with Gasteiger partial charge < -0.3 is 15.5 Å². The number of carbonyl (C=O) groups is 2. The predicted octanol–water partition coefficient (Wildman–Crippen LogP) is 2.76. The number of rotatable bonds is 7. The molecule has 2 heterocycles. The lowest BCUT2D eigenvalue weighted by molar-refractivity contribution is -0.126. The zero-order valence-corrected chi connectivity index (χ0v) is 15.6. The van der Waals surface area contributed by atoms with E-state index in [2.05, 4.69) is 26.6 Å². The Morgan fingerprint density at radius 3 is 2.70 bits per heavy atom. The number of amides is 2. The van der Waals surface area contributed by atoms with Crippen molar-refractivity contribution >= 4 is 23.2 Å². The number of nitrogens with one attached hydrogen (secondary N) is 2. The van der Waals surface area contributed by atoms with Gasteiger partial charge in [-0.1, -0.05) is 12.1 Å². The molecule has 1 fully saturated rings. The summed E-state index contributed by atoms with van der Waals surface area (Å²) in [6.07, 6.45) is 4.98. The molecule has 3 rings (SSSR count). The van der Waals surface area contributed by atoms with Crippen molar-refractivity contribution in [2.75, 3.05) is 23.3 Å². The fourth-order valence-electron chi connectivity index (χ4n) is 3.17. The summed E-state index contributed by atoms with van der Waals surface area (Å²) in [5.41, 5.74) is 2.74. The van der Waals surface area contributed by atoms with Crippen LogP contribution in [0, 0.1) is 0 Å². The molecule has 2 aromatic rings. The van der Waals surface area contributed by atoms with Crippen LogP contribution in [-0.4, -0.2) is 35.9 Å². The van der Waals surface area contributed by atoms with E-state index < -0.39 is 6.04 Å². The highest BCUT2D eigenvalue weighted by Gasteiger charge is 2.17. The number of hydrogen-bond donors (Lipinski definition) is 2. The van der Waals surface area contributed by atoms with Crippen molar-refractivity contribution in [1.82, 2.24) is 10.3 Å². The summed E-state index contributed by atoms with van der Waals surface area (Å²) in [5.74, 6) is -0.381. The average molecular weight is 366 g/mol. The van der Waals surface area contributed by atoms with Gasteiger partial charge in [0, 0.05) is 42.8 Å². The summed E-state index contributed by atoms with van der Waals surface area (Å²) in [5, 5.41) is 5.64. The highest BCUT2D eigenvalue weighted by molar-refractivity contribution is 5.97. The Hall–Kier alpha value is -2.89. The van der Waals surface area contributed by atoms with Gasteiger partial charge >= 0.3 is 0 Å². The molecule has 0 radical (unpaired) electrons. The Morgan fingerprint density at radius 1 is 1.15 bits per heavy atom. The minimum Gasteiger partial charge on any atom is -0.371 e. The molecule has 142 valence electrons. The lowest BCUT2D eigenvalue weighted by Crippen LogP contribution is -2.41. The molecule has 1 saturated heterocycles. The molecular weight excluding hydrogens is 340 g/mol. The minimum atomic E-state index is -0.600. The number of pyridine rings is 1. The summed E-state index contributed by atoms with van der Waals surface area (Å²) in [4.78, 5) is 31.0. The monoisotopic (exact) mass is 366 g/mol. The number of benzene rings is 1. The summed E-state index contributed by atoms with van der Waals surface area (Å²) in [6, 6.07) is 12.9. The van der Waals surface area contributed by atoms with Crippen molar-refractivity contribution in [3.05, 3.63) is 54.4 Å². The minimum absolute atomic E-state index is 0.158. The second-order valence-electron chi connectivity index (χ2n) is 6.84. The van der Waals surface area contributed by atoms with Gasteiger partial charge in [0.05, 0.1) is 0 Å². The molecular formula is C21H26N4O2. The Bertz CT molecular complexity index is 773. The van der Waals surface area contributed by atoms with E-state index in [1.165, 1.54) is 12.8 Å². The molecule has 1 unspecified atom stereocenters. The van der Waals surface area contributed by atoms with Gasteiger partial charge in [-0.3, -0.25) is 14.6 Å². The molecule has 6 nitrogen and oxygen atoms in total. The molecule has 1 atom stereocenters. The third-order valence-electron chi connectivity index (χ3n) is 4.69. The Morgan fingerprint density at radius 2 is 1.96 bits per heavy atom. The topological polar surface area (TPSA) is 74.3 Å². The fourth-order valence-corrected chi connectivity index (χ4v) is 3.17. The number of anilines is 2. The standard InChI is InChI=1S/C21H26N4O2/c1-16(23-20(26)11-10-17-7-2-3-12-22-17)21(27)24-18-8-6-9-19(15-18)25-13-4-5-14-25/h2-3,6-9,12,15-16H,4-5,10-11,13-14H2,1H3,(H,23,26)(H,24,27). The first-order valence-corrected chi connectivity index (χ1v) is 9.47. The van der Waals surface area contributed by atoms with Crippen molar-refractivity contribution in [2.45, 2.75) is 38.6 Å². The smallest absolute Gasteiger partial charge is 0.246 e. The van der Waals surface area contributed by atoms with Crippen LogP contribution in [-0.2, 0) is 16.0 Å². The van der Waals surface area contributed by atoms with Gasteiger partial charge in [-0.15, -0.1) is 0 Å². The van der Waals surface area contributed by atoms with Crippen LogP contribution in [0.25, 0.3) is 0 Å². The van der Waals surface area contributed by atoms with E-state index in [1.807, 2.05) is 36.4 Å². The van der Waals surface area contributed by atoms with E-state index >= 15 is 0 Å².